The average Bonchev–Trinajstić information content (AvgIpc) is 2.33. The first-order chi connectivity index (χ1) is 8.58. The van der Waals surface area contributed by atoms with Crippen LogP contribution in [0.25, 0.3) is 0 Å². The normalized spacial score (nSPS) is 10.4. The smallest absolute Gasteiger partial charge is 0.132 e. The Kier molecular flexibility index (Phi) is 3.67. The van der Waals surface area contributed by atoms with Crippen LogP contribution in [0.2, 0.25) is 5.02 Å². The van der Waals surface area contributed by atoms with Gasteiger partial charge in [-0.3, -0.25) is 0 Å². The summed E-state index contributed by atoms with van der Waals surface area (Å²) >= 11 is 5.80. The van der Waals surface area contributed by atoms with Crippen molar-refractivity contribution in [2.24, 2.45) is 0 Å². The van der Waals surface area contributed by atoms with Crippen LogP contribution in [-0.2, 0) is 6.61 Å². The molecule has 0 amide bonds. The van der Waals surface area contributed by atoms with E-state index in [2.05, 4.69) is 0 Å². The molecule has 2 aromatic rings. The molecule has 0 saturated carbocycles. The number of rotatable bonds is 3. The fourth-order valence-corrected chi connectivity index (χ4v) is 1.59. The van der Waals surface area contributed by atoms with Crippen LogP contribution in [0.15, 0.2) is 36.4 Å². The zero-order valence-corrected chi connectivity index (χ0v) is 10.0. The first-order valence-electron chi connectivity index (χ1n) is 5.18. The predicted molar refractivity (Wildman–Crippen MR) is 66.6 cm³/mol. The van der Waals surface area contributed by atoms with Gasteiger partial charge in [-0.15, -0.1) is 0 Å². The van der Waals surface area contributed by atoms with Crippen LogP contribution in [0.5, 0.6) is 5.75 Å². The van der Waals surface area contributed by atoms with Crippen LogP contribution in [0.1, 0.15) is 5.56 Å². The molecule has 2 N–H and O–H groups in total. The van der Waals surface area contributed by atoms with Crippen molar-refractivity contribution in [2.75, 3.05) is 5.73 Å². The summed E-state index contributed by atoms with van der Waals surface area (Å²) in [6, 6.07) is 8.30. The predicted octanol–water partition coefficient (Wildman–Crippen LogP) is 3.78. The van der Waals surface area contributed by atoms with Gasteiger partial charge >= 0.3 is 0 Å². The van der Waals surface area contributed by atoms with Gasteiger partial charge in [-0.05, 0) is 24.3 Å². The number of benzene rings is 2. The summed E-state index contributed by atoms with van der Waals surface area (Å²) in [4.78, 5) is 0. The summed E-state index contributed by atoms with van der Waals surface area (Å²) in [6.07, 6.45) is 0. The van der Waals surface area contributed by atoms with Gasteiger partial charge < -0.3 is 10.5 Å². The summed E-state index contributed by atoms with van der Waals surface area (Å²) in [6.45, 7) is -0.210. The Morgan fingerprint density at radius 1 is 1.11 bits per heavy atom. The molecule has 0 heterocycles. The van der Waals surface area contributed by atoms with E-state index in [1.54, 1.807) is 12.1 Å². The average molecular weight is 270 g/mol. The molecule has 18 heavy (non-hydrogen) atoms. The summed E-state index contributed by atoms with van der Waals surface area (Å²) in [5.74, 6) is -0.884. The van der Waals surface area contributed by atoms with Gasteiger partial charge in [0.05, 0.1) is 16.3 Å². The van der Waals surface area contributed by atoms with Crippen molar-refractivity contribution in [1.29, 1.82) is 0 Å². The molecular formula is C13H10ClF2NO. The molecule has 0 unspecified atom stereocenters. The summed E-state index contributed by atoms with van der Waals surface area (Å²) in [5.41, 5.74) is 5.83. The van der Waals surface area contributed by atoms with Crippen molar-refractivity contribution in [1.82, 2.24) is 0 Å². The Hall–Kier alpha value is -1.81. The first kappa shape index (κ1) is 12.6. The minimum absolute atomic E-state index is 0.120. The maximum atomic E-state index is 13.3. The molecule has 0 aliphatic carbocycles. The molecule has 0 aromatic heterocycles. The largest absolute Gasteiger partial charge is 0.489 e. The van der Waals surface area contributed by atoms with E-state index in [0.29, 0.717) is 16.5 Å². The number of anilines is 1. The van der Waals surface area contributed by atoms with E-state index in [0.717, 1.165) is 0 Å². The molecule has 0 aliphatic heterocycles. The molecule has 5 heteroatoms. The highest BCUT2D eigenvalue weighted by Crippen LogP contribution is 2.25. The minimum Gasteiger partial charge on any atom is -0.489 e. The fourth-order valence-electron chi connectivity index (χ4n) is 1.42. The van der Waals surface area contributed by atoms with Crippen molar-refractivity contribution >= 4 is 17.3 Å². The van der Waals surface area contributed by atoms with Gasteiger partial charge in [-0.2, -0.15) is 0 Å². The second-order valence-electron chi connectivity index (χ2n) is 3.67. The van der Waals surface area contributed by atoms with Gasteiger partial charge in [0.2, 0.25) is 0 Å². The van der Waals surface area contributed by atoms with Gasteiger partial charge in [0, 0.05) is 6.07 Å². The third-order valence-electron chi connectivity index (χ3n) is 2.42. The Balaban J connectivity index is 2.14. The van der Waals surface area contributed by atoms with Crippen molar-refractivity contribution in [2.45, 2.75) is 6.61 Å². The van der Waals surface area contributed by atoms with E-state index in [1.165, 1.54) is 24.3 Å². The highest BCUT2D eigenvalue weighted by atomic mass is 35.5. The molecule has 2 nitrogen and oxygen atoms in total. The maximum Gasteiger partial charge on any atom is 0.132 e. The van der Waals surface area contributed by atoms with Crippen molar-refractivity contribution in [3.05, 3.63) is 58.6 Å². The second kappa shape index (κ2) is 5.23. The topological polar surface area (TPSA) is 35.2 Å². The van der Waals surface area contributed by atoms with Gasteiger partial charge in [0.15, 0.2) is 0 Å². The summed E-state index contributed by atoms with van der Waals surface area (Å²) < 4.78 is 31.9. The molecule has 0 aliphatic rings. The molecule has 0 bridgehead atoms. The third-order valence-corrected chi connectivity index (χ3v) is 2.74. The van der Waals surface area contributed by atoms with Crippen LogP contribution in [0, 0.1) is 11.6 Å². The number of hydrogen-bond acceptors (Lipinski definition) is 2. The third kappa shape index (κ3) is 2.71. The van der Waals surface area contributed by atoms with Gasteiger partial charge in [0.25, 0.3) is 0 Å². The number of hydrogen-bond donors (Lipinski definition) is 1. The van der Waals surface area contributed by atoms with Crippen molar-refractivity contribution in [3.8, 4) is 5.75 Å². The van der Waals surface area contributed by atoms with E-state index >= 15 is 0 Å². The molecule has 0 atom stereocenters. The van der Waals surface area contributed by atoms with Crippen LogP contribution >= 0.6 is 11.6 Å². The monoisotopic (exact) mass is 269 g/mol. The molecule has 0 spiro atoms. The van der Waals surface area contributed by atoms with Crippen molar-refractivity contribution in [3.63, 3.8) is 0 Å². The Labute approximate surface area is 108 Å². The summed E-state index contributed by atoms with van der Waals surface area (Å²) in [7, 11) is 0. The van der Waals surface area contributed by atoms with Crippen molar-refractivity contribution < 1.29 is 13.5 Å². The minimum atomic E-state index is -0.642. The van der Waals surface area contributed by atoms with Crippen LogP contribution in [-0.4, -0.2) is 0 Å². The molecule has 2 aromatic carbocycles. The van der Waals surface area contributed by atoms with Crippen LogP contribution in [0.4, 0.5) is 14.5 Å². The van der Waals surface area contributed by atoms with E-state index in [4.69, 9.17) is 22.1 Å². The van der Waals surface area contributed by atoms with Crippen LogP contribution < -0.4 is 10.5 Å². The molecule has 94 valence electrons. The number of halogens is 3. The fraction of sp³-hybridized carbons (Fsp3) is 0.0769. The quantitative estimate of drug-likeness (QED) is 0.861. The van der Waals surface area contributed by atoms with E-state index < -0.39 is 11.6 Å². The van der Waals surface area contributed by atoms with Crippen LogP contribution in [0.3, 0.4) is 0 Å². The number of nitrogens with two attached hydrogens (primary N) is 1. The van der Waals surface area contributed by atoms with Gasteiger partial charge in [-0.25, -0.2) is 8.78 Å². The zero-order valence-electron chi connectivity index (χ0n) is 9.29. The first-order valence-corrected chi connectivity index (χ1v) is 5.56. The van der Waals surface area contributed by atoms with E-state index in [1.807, 2.05) is 0 Å². The molecule has 0 fully saturated rings. The van der Waals surface area contributed by atoms with Gasteiger partial charge in [-0.1, -0.05) is 17.7 Å². The lowest BCUT2D eigenvalue weighted by molar-refractivity contribution is 0.292. The SMILES string of the molecule is Nc1ccc(OCc2c(F)cccc2F)cc1Cl. The molecule has 2 rings (SSSR count). The lowest BCUT2D eigenvalue weighted by atomic mass is 10.2. The Morgan fingerprint density at radius 3 is 2.39 bits per heavy atom. The van der Waals surface area contributed by atoms with E-state index in [9.17, 15) is 8.78 Å². The highest BCUT2D eigenvalue weighted by molar-refractivity contribution is 6.33. The number of ether oxygens (including phenoxy) is 1. The Bertz CT molecular complexity index is 555. The second-order valence-corrected chi connectivity index (χ2v) is 4.08. The molecular weight excluding hydrogens is 260 g/mol. The lowest BCUT2D eigenvalue weighted by Crippen LogP contribution is -2.02. The highest BCUT2D eigenvalue weighted by Gasteiger charge is 2.09. The molecule has 0 radical (unpaired) electrons. The van der Waals surface area contributed by atoms with E-state index in [-0.39, 0.29) is 12.2 Å². The van der Waals surface area contributed by atoms with Gasteiger partial charge in [0.1, 0.15) is 24.0 Å². The zero-order chi connectivity index (χ0) is 13.1. The maximum absolute atomic E-state index is 13.3. The summed E-state index contributed by atoms with van der Waals surface area (Å²) in [5, 5.41) is 0.335. The Morgan fingerprint density at radius 2 is 1.78 bits per heavy atom. The number of nitrogen functional groups attached to an aromatic ring is 1. The molecule has 0 saturated heterocycles. The standard InChI is InChI=1S/C13H10ClF2NO/c14-10-6-8(4-5-13(10)17)18-7-9-11(15)2-1-3-12(9)16/h1-6H,7,17H2. The lowest BCUT2D eigenvalue weighted by Gasteiger charge is -2.09.